The van der Waals surface area contributed by atoms with Crippen molar-refractivity contribution in [2.75, 3.05) is 12.8 Å². The van der Waals surface area contributed by atoms with E-state index in [1.165, 1.54) is 7.11 Å². The number of pyridine rings is 1. The molecule has 1 aromatic heterocycles. The van der Waals surface area contributed by atoms with Crippen LogP contribution in [0.3, 0.4) is 0 Å². The Balaban J connectivity index is 2.33. The second kappa shape index (κ2) is 5.33. The summed E-state index contributed by atoms with van der Waals surface area (Å²) in [6.07, 6.45) is 1.68. The number of anilines is 1. The number of rotatable bonds is 3. The van der Waals surface area contributed by atoms with E-state index in [1.807, 2.05) is 50.2 Å². The molecule has 0 atom stereocenters. The van der Waals surface area contributed by atoms with Crippen LogP contribution in [0, 0.1) is 0 Å². The average molecular weight is 270 g/mol. The number of aromatic nitrogens is 1. The number of carbonyl (C=O) groups excluding carboxylic acids is 1. The lowest BCUT2D eigenvalue weighted by molar-refractivity contribution is -0.146. The number of nitrogens with two attached hydrogens (primary N) is 1. The average Bonchev–Trinajstić information content (AvgIpc) is 2.46. The third-order valence-electron chi connectivity index (χ3n) is 3.42. The predicted molar refractivity (Wildman–Crippen MR) is 79.1 cm³/mol. The molecule has 1 aromatic carbocycles. The summed E-state index contributed by atoms with van der Waals surface area (Å²) in [7, 11) is 1.40. The Morgan fingerprint density at radius 1 is 1.15 bits per heavy atom. The van der Waals surface area contributed by atoms with Crippen molar-refractivity contribution >= 4 is 11.8 Å². The molecular weight excluding hydrogens is 252 g/mol. The predicted octanol–water partition coefficient (Wildman–Crippen LogP) is 2.78. The molecule has 2 N–H and O–H groups in total. The molecule has 20 heavy (non-hydrogen) atoms. The van der Waals surface area contributed by atoms with Crippen molar-refractivity contribution in [3.8, 4) is 11.1 Å². The molecule has 104 valence electrons. The van der Waals surface area contributed by atoms with Crippen LogP contribution in [0.4, 0.5) is 5.82 Å². The van der Waals surface area contributed by atoms with E-state index in [0.717, 1.165) is 16.7 Å². The maximum absolute atomic E-state index is 11.8. The number of carbonyl (C=O) groups is 1. The van der Waals surface area contributed by atoms with Crippen LogP contribution in [-0.2, 0) is 14.9 Å². The highest BCUT2D eigenvalue weighted by Crippen LogP contribution is 2.28. The molecule has 4 nitrogen and oxygen atoms in total. The highest BCUT2D eigenvalue weighted by atomic mass is 16.5. The molecule has 0 unspecified atom stereocenters. The van der Waals surface area contributed by atoms with Gasteiger partial charge in [0.05, 0.1) is 12.5 Å². The van der Waals surface area contributed by atoms with E-state index in [4.69, 9.17) is 10.5 Å². The van der Waals surface area contributed by atoms with E-state index in [0.29, 0.717) is 5.82 Å². The molecular formula is C16H18N2O2. The van der Waals surface area contributed by atoms with Gasteiger partial charge in [-0.3, -0.25) is 4.79 Å². The van der Waals surface area contributed by atoms with Crippen LogP contribution in [0.5, 0.6) is 0 Å². The van der Waals surface area contributed by atoms with Gasteiger partial charge >= 0.3 is 5.97 Å². The zero-order valence-electron chi connectivity index (χ0n) is 11.9. The molecule has 1 heterocycles. The van der Waals surface area contributed by atoms with E-state index < -0.39 is 5.41 Å². The molecule has 0 amide bonds. The first-order valence-corrected chi connectivity index (χ1v) is 6.36. The lowest BCUT2D eigenvalue weighted by Gasteiger charge is -2.22. The van der Waals surface area contributed by atoms with Crippen molar-refractivity contribution in [3.63, 3.8) is 0 Å². The molecule has 0 aliphatic carbocycles. The summed E-state index contributed by atoms with van der Waals surface area (Å²) in [4.78, 5) is 15.8. The number of ether oxygens (including phenoxy) is 1. The molecule has 0 aliphatic heterocycles. The largest absolute Gasteiger partial charge is 0.468 e. The van der Waals surface area contributed by atoms with Crippen LogP contribution in [0.25, 0.3) is 11.1 Å². The number of hydrogen-bond acceptors (Lipinski definition) is 4. The van der Waals surface area contributed by atoms with Gasteiger partial charge in [-0.2, -0.15) is 0 Å². The van der Waals surface area contributed by atoms with Crippen LogP contribution < -0.4 is 5.73 Å². The standard InChI is InChI=1S/C16H18N2O2/c1-16(2,15(19)20-3)13-6-4-11(5-7-13)12-8-9-18-14(17)10-12/h4-10H,1-3H3,(H2,17,18). The Labute approximate surface area is 118 Å². The summed E-state index contributed by atoms with van der Waals surface area (Å²) >= 11 is 0. The number of nitrogens with zero attached hydrogens (tertiary/aromatic N) is 1. The molecule has 2 aromatic rings. The van der Waals surface area contributed by atoms with Gasteiger partial charge in [0.25, 0.3) is 0 Å². The third kappa shape index (κ3) is 2.64. The smallest absolute Gasteiger partial charge is 0.315 e. The van der Waals surface area contributed by atoms with Gasteiger partial charge in [-0.15, -0.1) is 0 Å². The van der Waals surface area contributed by atoms with Crippen molar-refractivity contribution in [1.82, 2.24) is 4.98 Å². The molecule has 0 bridgehead atoms. The lowest BCUT2D eigenvalue weighted by Crippen LogP contribution is -2.30. The highest BCUT2D eigenvalue weighted by Gasteiger charge is 2.30. The van der Waals surface area contributed by atoms with Gasteiger partial charge in [0.15, 0.2) is 0 Å². The van der Waals surface area contributed by atoms with Gasteiger partial charge in [-0.05, 0) is 42.7 Å². The Morgan fingerprint density at radius 3 is 2.35 bits per heavy atom. The Morgan fingerprint density at radius 2 is 1.80 bits per heavy atom. The van der Waals surface area contributed by atoms with Gasteiger partial charge in [-0.1, -0.05) is 24.3 Å². The summed E-state index contributed by atoms with van der Waals surface area (Å²) in [6, 6.07) is 11.5. The quantitative estimate of drug-likeness (QED) is 0.871. The molecule has 0 radical (unpaired) electrons. The van der Waals surface area contributed by atoms with Gasteiger partial charge in [-0.25, -0.2) is 4.98 Å². The minimum Gasteiger partial charge on any atom is -0.468 e. The fourth-order valence-electron chi connectivity index (χ4n) is 2.08. The summed E-state index contributed by atoms with van der Waals surface area (Å²) < 4.78 is 4.84. The first-order chi connectivity index (χ1) is 9.45. The zero-order chi connectivity index (χ0) is 14.8. The normalized spacial score (nSPS) is 11.2. The van der Waals surface area contributed by atoms with Crippen LogP contribution in [0.2, 0.25) is 0 Å². The van der Waals surface area contributed by atoms with Crippen LogP contribution in [0.1, 0.15) is 19.4 Å². The third-order valence-corrected chi connectivity index (χ3v) is 3.42. The lowest BCUT2D eigenvalue weighted by atomic mass is 9.84. The molecule has 2 rings (SSSR count). The number of hydrogen-bond donors (Lipinski definition) is 1. The number of esters is 1. The molecule has 0 fully saturated rings. The van der Waals surface area contributed by atoms with Gasteiger partial charge in [0.2, 0.25) is 0 Å². The van der Waals surface area contributed by atoms with E-state index in [-0.39, 0.29) is 5.97 Å². The molecule has 0 saturated heterocycles. The number of methoxy groups -OCH3 is 1. The Bertz CT molecular complexity index is 619. The van der Waals surface area contributed by atoms with E-state index >= 15 is 0 Å². The molecule has 0 saturated carbocycles. The SMILES string of the molecule is COC(=O)C(C)(C)c1ccc(-c2ccnc(N)c2)cc1. The van der Waals surface area contributed by atoms with Gasteiger partial charge in [0, 0.05) is 6.20 Å². The minimum absolute atomic E-state index is 0.251. The fraction of sp³-hybridized carbons (Fsp3) is 0.250. The molecule has 4 heteroatoms. The van der Waals surface area contributed by atoms with Crippen LogP contribution in [0.15, 0.2) is 42.6 Å². The fourth-order valence-corrected chi connectivity index (χ4v) is 2.08. The Hall–Kier alpha value is -2.36. The zero-order valence-corrected chi connectivity index (χ0v) is 11.9. The van der Waals surface area contributed by atoms with Crippen molar-refractivity contribution < 1.29 is 9.53 Å². The molecule has 0 spiro atoms. The van der Waals surface area contributed by atoms with Crippen molar-refractivity contribution in [2.24, 2.45) is 0 Å². The first kappa shape index (κ1) is 14.1. The van der Waals surface area contributed by atoms with E-state index in [2.05, 4.69) is 4.98 Å². The van der Waals surface area contributed by atoms with Crippen molar-refractivity contribution in [1.29, 1.82) is 0 Å². The summed E-state index contributed by atoms with van der Waals surface area (Å²) in [5.74, 6) is 0.236. The van der Waals surface area contributed by atoms with Crippen molar-refractivity contribution in [3.05, 3.63) is 48.2 Å². The second-order valence-corrected chi connectivity index (χ2v) is 5.16. The second-order valence-electron chi connectivity index (χ2n) is 5.16. The van der Waals surface area contributed by atoms with E-state index in [1.54, 1.807) is 6.20 Å². The Kier molecular flexibility index (Phi) is 3.74. The van der Waals surface area contributed by atoms with Gasteiger partial charge < -0.3 is 10.5 Å². The number of benzene rings is 1. The van der Waals surface area contributed by atoms with Crippen LogP contribution in [-0.4, -0.2) is 18.1 Å². The number of nitrogen functional groups attached to an aromatic ring is 1. The van der Waals surface area contributed by atoms with Gasteiger partial charge in [0.1, 0.15) is 5.82 Å². The van der Waals surface area contributed by atoms with Crippen molar-refractivity contribution in [2.45, 2.75) is 19.3 Å². The highest BCUT2D eigenvalue weighted by molar-refractivity contribution is 5.82. The maximum atomic E-state index is 11.8. The molecule has 0 aliphatic rings. The van der Waals surface area contributed by atoms with Crippen LogP contribution >= 0.6 is 0 Å². The van der Waals surface area contributed by atoms with E-state index in [9.17, 15) is 4.79 Å². The monoisotopic (exact) mass is 270 g/mol. The summed E-state index contributed by atoms with van der Waals surface area (Å²) in [5, 5.41) is 0. The first-order valence-electron chi connectivity index (χ1n) is 6.36. The topological polar surface area (TPSA) is 65.2 Å². The minimum atomic E-state index is -0.662. The maximum Gasteiger partial charge on any atom is 0.315 e. The summed E-state index contributed by atoms with van der Waals surface area (Å²) in [5.41, 5.74) is 7.96. The summed E-state index contributed by atoms with van der Waals surface area (Å²) in [6.45, 7) is 3.69.